The first-order valence-corrected chi connectivity index (χ1v) is 12.3. The number of hydrogen-bond acceptors (Lipinski definition) is 11. The fourth-order valence-corrected chi connectivity index (χ4v) is 3.58. The second-order valence-corrected chi connectivity index (χ2v) is 8.37. The lowest BCUT2D eigenvalue weighted by molar-refractivity contribution is 0.0564. The van der Waals surface area contributed by atoms with E-state index >= 15 is 0 Å². The van der Waals surface area contributed by atoms with Crippen molar-refractivity contribution < 1.29 is 27.2 Å². The van der Waals surface area contributed by atoms with Crippen LogP contribution in [0.5, 0.6) is 5.75 Å². The maximum atomic E-state index is 11.9. The van der Waals surface area contributed by atoms with Crippen LogP contribution < -0.4 is 10.5 Å². The molecule has 0 aliphatic rings. The van der Waals surface area contributed by atoms with E-state index < -0.39 is 16.2 Å². The number of fused-ring (bicyclic) bond motifs is 1. The van der Waals surface area contributed by atoms with Crippen molar-refractivity contribution in [1.29, 1.82) is 0 Å². The number of nitrogens with two attached hydrogens (primary N) is 1. The molecule has 2 aromatic heterocycles. The average molecular weight is 510 g/mol. The van der Waals surface area contributed by atoms with Gasteiger partial charge in [-0.2, -0.15) is 8.42 Å². The molecule has 13 nitrogen and oxygen atoms in total. The molecule has 3 rings (SSSR count). The standard InChI is InChI=1S/C15H16N6O6S.C6H15N/c16-13-12-14(18-7-17-13)21(8-19-12)9-26-5-6-27-28(24,25)20-15(23)10-3-1-2-4-11(10)22;1-4-7(5-2)6-3/h1-4,7-8,22H,5-6,9H2,(H,20,23)(H2,16,17,18);4-6H2,1-3H3. The highest BCUT2D eigenvalue weighted by Crippen LogP contribution is 2.16. The molecular weight excluding hydrogens is 478 g/mol. The smallest absolute Gasteiger partial charge is 0.362 e. The van der Waals surface area contributed by atoms with Crippen molar-refractivity contribution in [2.75, 3.05) is 38.6 Å². The van der Waals surface area contributed by atoms with Gasteiger partial charge in [0.15, 0.2) is 11.5 Å². The third-order valence-corrected chi connectivity index (χ3v) is 5.75. The van der Waals surface area contributed by atoms with E-state index in [0.717, 1.165) is 0 Å². The van der Waals surface area contributed by atoms with E-state index in [4.69, 9.17) is 10.5 Å². The number of benzene rings is 1. The van der Waals surface area contributed by atoms with E-state index in [9.17, 15) is 18.3 Å². The van der Waals surface area contributed by atoms with Gasteiger partial charge in [-0.3, -0.25) is 13.5 Å². The largest absolute Gasteiger partial charge is 0.507 e. The molecule has 0 bridgehead atoms. The minimum atomic E-state index is -4.37. The summed E-state index contributed by atoms with van der Waals surface area (Å²) in [4.78, 5) is 26.2. The number of nitrogen functional groups attached to an aromatic ring is 1. The van der Waals surface area contributed by atoms with E-state index in [0.29, 0.717) is 11.2 Å². The molecule has 0 atom stereocenters. The third kappa shape index (κ3) is 8.43. The van der Waals surface area contributed by atoms with Gasteiger partial charge >= 0.3 is 10.3 Å². The molecule has 35 heavy (non-hydrogen) atoms. The molecule has 0 aliphatic heterocycles. The van der Waals surface area contributed by atoms with E-state index in [2.05, 4.69) is 44.8 Å². The van der Waals surface area contributed by atoms with Crippen molar-refractivity contribution in [2.45, 2.75) is 27.5 Å². The van der Waals surface area contributed by atoms with E-state index in [1.807, 2.05) is 0 Å². The van der Waals surface area contributed by atoms with Crippen molar-refractivity contribution in [3.05, 3.63) is 42.5 Å². The molecule has 14 heteroatoms. The minimum absolute atomic E-state index is 0.0284. The summed E-state index contributed by atoms with van der Waals surface area (Å²) in [7, 11) is -4.37. The zero-order valence-electron chi connectivity index (χ0n) is 19.9. The first kappa shape index (κ1) is 27.9. The number of ether oxygens (including phenoxy) is 1. The van der Waals surface area contributed by atoms with Gasteiger partial charge in [-0.15, -0.1) is 0 Å². The lowest BCUT2D eigenvalue weighted by atomic mass is 10.2. The zero-order valence-corrected chi connectivity index (χ0v) is 20.7. The number of phenolic OH excluding ortho intramolecular Hbond substituents is 1. The lowest BCUT2D eigenvalue weighted by Gasteiger charge is -2.13. The van der Waals surface area contributed by atoms with Crippen LogP contribution in [0, 0.1) is 0 Å². The minimum Gasteiger partial charge on any atom is -0.507 e. The highest BCUT2D eigenvalue weighted by molar-refractivity contribution is 7.85. The molecule has 1 amide bonds. The Morgan fingerprint density at radius 3 is 2.43 bits per heavy atom. The molecular formula is C21H31N7O6S. The average Bonchev–Trinajstić information content (AvgIpc) is 3.25. The summed E-state index contributed by atoms with van der Waals surface area (Å²) in [5.41, 5.74) is 6.38. The van der Waals surface area contributed by atoms with E-state index in [1.54, 1.807) is 9.29 Å². The van der Waals surface area contributed by atoms with Crippen LogP contribution in [0.2, 0.25) is 0 Å². The third-order valence-electron chi connectivity index (χ3n) is 4.83. The Bertz CT molecular complexity index is 1190. The summed E-state index contributed by atoms with van der Waals surface area (Å²) in [6.07, 6.45) is 2.75. The molecule has 0 aliphatic carbocycles. The highest BCUT2D eigenvalue weighted by atomic mass is 32.2. The van der Waals surface area contributed by atoms with Crippen molar-refractivity contribution in [3.8, 4) is 5.75 Å². The second kappa shape index (κ2) is 13.5. The number of nitrogens with zero attached hydrogens (tertiary/aromatic N) is 5. The summed E-state index contributed by atoms with van der Waals surface area (Å²) in [5, 5.41) is 9.57. The molecule has 4 N–H and O–H groups in total. The van der Waals surface area contributed by atoms with E-state index in [1.165, 1.54) is 56.6 Å². The van der Waals surface area contributed by atoms with Gasteiger partial charge in [0.25, 0.3) is 5.91 Å². The highest BCUT2D eigenvalue weighted by Gasteiger charge is 2.19. The number of carbonyl (C=O) groups excluding carboxylic acids is 1. The monoisotopic (exact) mass is 509 g/mol. The Balaban J connectivity index is 0.000000540. The summed E-state index contributed by atoms with van der Waals surface area (Å²) in [5.74, 6) is -1.13. The predicted octanol–water partition coefficient (Wildman–Crippen LogP) is 1.13. The molecule has 0 unspecified atom stereocenters. The summed E-state index contributed by atoms with van der Waals surface area (Å²) in [6, 6.07) is 5.51. The van der Waals surface area contributed by atoms with Crippen LogP contribution in [-0.4, -0.2) is 76.7 Å². The van der Waals surface area contributed by atoms with Gasteiger partial charge in [0.1, 0.15) is 24.3 Å². The predicted molar refractivity (Wildman–Crippen MR) is 130 cm³/mol. The lowest BCUT2D eigenvalue weighted by Crippen LogP contribution is -2.32. The summed E-state index contributed by atoms with van der Waals surface area (Å²) in [6.45, 7) is 9.72. The summed E-state index contributed by atoms with van der Waals surface area (Å²) < 4.78 is 36.8. The maximum Gasteiger partial charge on any atom is 0.362 e. The van der Waals surface area contributed by atoms with Crippen LogP contribution in [0.3, 0.4) is 0 Å². The Kier molecular flexibility index (Phi) is 10.8. The van der Waals surface area contributed by atoms with Crippen molar-refractivity contribution >= 4 is 33.2 Å². The van der Waals surface area contributed by atoms with Crippen molar-refractivity contribution in [3.63, 3.8) is 0 Å². The molecule has 0 saturated carbocycles. The van der Waals surface area contributed by atoms with Crippen molar-refractivity contribution in [2.24, 2.45) is 0 Å². The van der Waals surface area contributed by atoms with Gasteiger partial charge in [-0.05, 0) is 31.8 Å². The Morgan fingerprint density at radius 1 is 1.11 bits per heavy atom. The van der Waals surface area contributed by atoms with Gasteiger partial charge in [0, 0.05) is 0 Å². The number of nitrogens with one attached hydrogen (secondary N) is 1. The number of anilines is 1. The number of phenols is 1. The number of hydrogen-bond donors (Lipinski definition) is 3. The summed E-state index contributed by atoms with van der Waals surface area (Å²) >= 11 is 0. The molecule has 0 spiro atoms. The molecule has 2 heterocycles. The van der Waals surface area contributed by atoms with Crippen LogP contribution in [0.1, 0.15) is 31.1 Å². The topological polar surface area (TPSA) is 175 Å². The SMILES string of the molecule is CCN(CC)CC.Nc1ncnc2c1ncn2COCCOS(=O)(=O)NC(=O)c1ccccc1O. The molecule has 0 fully saturated rings. The van der Waals surface area contributed by atoms with Gasteiger partial charge in [0.05, 0.1) is 25.1 Å². The van der Waals surface area contributed by atoms with Crippen LogP contribution in [0.15, 0.2) is 36.9 Å². The Hall–Kier alpha value is -3.33. The normalized spacial score (nSPS) is 11.3. The second-order valence-electron chi connectivity index (χ2n) is 7.03. The molecule has 3 aromatic rings. The number of amides is 1. The van der Waals surface area contributed by atoms with Crippen LogP contribution in [0.25, 0.3) is 11.2 Å². The number of carbonyl (C=O) groups is 1. The number of aromatic hydroxyl groups is 1. The fraction of sp³-hybridized carbons (Fsp3) is 0.429. The van der Waals surface area contributed by atoms with Gasteiger partial charge < -0.3 is 20.5 Å². The first-order chi connectivity index (χ1) is 16.7. The molecule has 0 saturated heterocycles. The van der Waals surface area contributed by atoms with Gasteiger partial charge in [0.2, 0.25) is 0 Å². The van der Waals surface area contributed by atoms with Gasteiger partial charge in [-0.25, -0.2) is 19.7 Å². The van der Waals surface area contributed by atoms with Crippen LogP contribution in [-0.2, 0) is 26.0 Å². The number of aromatic nitrogens is 4. The molecule has 192 valence electrons. The maximum absolute atomic E-state index is 11.9. The fourth-order valence-electron chi connectivity index (χ4n) is 2.89. The van der Waals surface area contributed by atoms with Gasteiger partial charge in [-0.1, -0.05) is 32.9 Å². The zero-order chi connectivity index (χ0) is 25.8. The van der Waals surface area contributed by atoms with Crippen LogP contribution >= 0.6 is 0 Å². The first-order valence-electron chi connectivity index (χ1n) is 10.9. The van der Waals surface area contributed by atoms with Crippen molar-refractivity contribution in [1.82, 2.24) is 29.1 Å². The number of rotatable bonds is 11. The van der Waals surface area contributed by atoms with E-state index in [-0.39, 0.29) is 37.1 Å². The number of imidazole rings is 1. The molecule has 0 radical (unpaired) electrons. The molecule has 1 aromatic carbocycles. The Labute approximate surface area is 204 Å². The Morgan fingerprint density at radius 2 is 1.80 bits per heavy atom. The number of para-hydroxylation sites is 1. The quantitative estimate of drug-likeness (QED) is 0.316. The van der Waals surface area contributed by atoms with Crippen LogP contribution in [0.4, 0.5) is 5.82 Å².